The molecule has 25 heavy (non-hydrogen) atoms. The number of piperidine rings is 1. The number of hydrogen-bond acceptors (Lipinski definition) is 4. The third-order valence-electron chi connectivity index (χ3n) is 4.26. The number of amides is 1. The Hall–Kier alpha value is -1.31. The van der Waals surface area contributed by atoms with Crippen LogP contribution in [-0.4, -0.2) is 51.1 Å². The maximum absolute atomic E-state index is 11.9. The van der Waals surface area contributed by atoms with Gasteiger partial charge in [-0.1, -0.05) is 11.6 Å². The van der Waals surface area contributed by atoms with Crippen molar-refractivity contribution in [1.29, 1.82) is 0 Å². The van der Waals surface area contributed by atoms with Crippen molar-refractivity contribution in [2.24, 2.45) is 5.92 Å². The van der Waals surface area contributed by atoms with Crippen LogP contribution in [0, 0.1) is 5.92 Å². The first kappa shape index (κ1) is 20.0. The number of ether oxygens (including phenoxy) is 1. The van der Waals surface area contributed by atoms with Crippen molar-refractivity contribution >= 4 is 27.5 Å². The summed E-state index contributed by atoms with van der Waals surface area (Å²) in [6.07, 6.45) is 3.86. The molecule has 1 aromatic rings. The Kier molecular flexibility index (Phi) is 7.53. The van der Waals surface area contributed by atoms with Crippen LogP contribution in [0.4, 0.5) is 0 Å². The number of carbonyl (C=O) groups excluding carboxylic acids is 1. The molecule has 0 radical (unpaired) electrons. The second-order valence-corrected chi connectivity index (χ2v) is 8.73. The molecule has 1 aromatic carbocycles. The lowest BCUT2D eigenvalue weighted by atomic mass is 9.98. The van der Waals surface area contributed by atoms with Gasteiger partial charge in [-0.2, -0.15) is 0 Å². The lowest BCUT2D eigenvalue weighted by Gasteiger charge is -2.30. The number of nitrogens with one attached hydrogen (secondary N) is 1. The summed E-state index contributed by atoms with van der Waals surface area (Å²) in [5, 5.41) is 3.59. The average Bonchev–Trinajstić information content (AvgIpc) is 2.58. The number of benzene rings is 1. The van der Waals surface area contributed by atoms with E-state index in [0.717, 1.165) is 18.6 Å². The van der Waals surface area contributed by atoms with Gasteiger partial charge in [-0.3, -0.25) is 4.79 Å². The maximum atomic E-state index is 11.9. The standard InChI is InChI=1S/C17H25ClN2O4S/c1-25(22,23)20-10-8-14(9-11-20)13-19-17(21)3-2-12-24-16-6-4-15(18)5-7-16/h4-7,14H,2-3,8-13H2,1H3,(H,19,21). The molecule has 0 aromatic heterocycles. The van der Waals surface area contributed by atoms with Crippen molar-refractivity contribution in [3.05, 3.63) is 29.3 Å². The minimum atomic E-state index is -3.10. The molecule has 0 spiro atoms. The van der Waals surface area contributed by atoms with Gasteiger partial charge in [-0.15, -0.1) is 0 Å². The number of rotatable bonds is 8. The molecule has 1 fully saturated rings. The van der Waals surface area contributed by atoms with Crippen molar-refractivity contribution in [3.8, 4) is 5.75 Å². The van der Waals surface area contributed by atoms with Gasteiger partial charge in [-0.25, -0.2) is 12.7 Å². The fourth-order valence-corrected chi connectivity index (χ4v) is 3.75. The third kappa shape index (κ3) is 7.22. The SMILES string of the molecule is CS(=O)(=O)N1CCC(CNC(=O)CCCOc2ccc(Cl)cc2)CC1. The van der Waals surface area contributed by atoms with E-state index < -0.39 is 10.0 Å². The average molecular weight is 389 g/mol. The molecule has 1 heterocycles. The van der Waals surface area contributed by atoms with Gasteiger partial charge in [0.05, 0.1) is 12.9 Å². The number of halogens is 1. The lowest BCUT2D eigenvalue weighted by molar-refractivity contribution is -0.121. The highest BCUT2D eigenvalue weighted by molar-refractivity contribution is 7.88. The minimum Gasteiger partial charge on any atom is -0.494 e. The largest absolute Gasteiger partial charge is 0.494 e. The number of nitrogens with zero attached hydrogens (tertiary/aromatic N) is 1. The molecule has 1 saturated heterocycles. The topological polar surface area (TPSA) is 75.7 Å². The van der Waals surface area contributed by atoms with Crippen molar-refractivity contribution in [2.45, 2.75) is 25.7 Å². The van der Waals surface area contributed by atoms with E-state index in [9.17, 15) is 13.2 Å². The van der Waals surface area contributed by atoms with Crippen molar-refractivity contribution < 1.29 is 17.9 Å². The van der Waals surface area contributed by atoms with Gasteiger partial charge in [0.25, 0.3) is 0 Å². The van der Waals surface area contributed by atoms with Crippen LogP contribution < -0.4 is 10.1 Å². The highest BCUT2D eigenvalue weighted by atomic mass is 35.5. The second kappa shape index (κ2) is 9.40. The van der Waals surface area contributed by atoms with E-state index in [2.05, 4.69) is 5.32 Å². The molecule has 1 N–H and O–H groups in total. The predicted molar refractivity (Wildman–Crippen MR) is 98.3 cm³/mol. The van der Waals surface area contributed by atoms with E-state index in [1.54, 1.807) is 24.3 Å². The summed E-state index contributed by atoms with van der Waals surface area (Å²) in [7, 11) is -3.10. The zero-order valence-corrected chi connectivity index (χ0v) is 16.0. The van der Waals surface area contributed by atoms with Crippen LogP contribution in [0.5, 0.6) is 5.75 Å². The summed E-state index contributed by atoms with van der Waals surface area (Å²) in [5.74, 6) is 1.08. The molecular formula is C17H25ClN2O4S. The van der Waals surface area contributed by atoms with E-state index in [1.165, 1.54) is 10.6 Å². The second-order valence-electron chi connectivity index (χ2n) is 6.32. The van der Waals surface area contributed by atoms with E-state index in [0.29, 0.717) is 50.0 Å². The number of carbonyl (C=O) groups is 1. The first-order valence-electron chi connectivity index (χ1n) is 8.45. The first-order valence-corrected chi connectivity index (χ1v) is 10.7. The molecule has 1 aliphatic heterocycles. The lowest BCUT2D eigenvalue weighted by Crippen LogP contribution is -2.41. The van der Waals surface area contributed by atoms with Gasteiger partial charge in [0, 0.05) is 31.1 Å². The van der Waals surface area contributed by atoms with Crippen LogP contribution in [0.2, 0.25) is 5.02 Å². The Morgan fingerprint density at radius 1 is 1.28 bits per heavy atom. The highest BCUT2D eigenvalue weighted by Gasteiger charge is 2.24. The molecule has 0 aliphatic carbocycles. The van der Waals surface area contributed by atoms with Crippen LogP contribution >= 0.6 is 11.6 Å². The molecule has 6 nitrogen and oxygen atoms in total. The minimum absolute atomic E-state index is 0.00486. The summed E-state index contributed by atoms with van der Waals surface area (Å²) in [4.78, 5) is 11.9. The highest BCUT2D eigenvalue weighted by Crippen LogP contribution is 2.18. The smallest absolute Gasteiger partial charge is 0.220 e. The molecular weight excluding hydrogens is 364 g/mol. The number of sulfonamides is 1. The Balaban J connectivity index is 1.56. The van der Waals surface area contributed by atoms with Crippen LogP contribution in [0.1, 0.15) is 25.7 Å². The normalized spacial score (nSPS) is 16.6. The maximum Gasteiger partial charge on any atom is 0.220 e. The van der Waals surface area contributed by atoms with Crippen LogP contribution in [0.15, 0.2) is 24.3 Å². The Labute approximate surface area is 154 Å². The molecule has 1 amide bonds. The molecule has 0 atom stereocenters. The molecule has 0 unspecified atom stereocenters. The van der Waals surface area contributed by atoms with E-state index in [1.807, 2.05) is 0 Å². The summed E-state index contributed by atoms with van der Waals surface area (Å²) < 4.78 is 30.0. The van der Waals surface area contributed by atoms with Gasteiger partial charge < -0.3 is 10.1 Å². The molecule has 1 aliphatic rings. The third-order valence-corrected chi connectivity index (χ3v) is 5.82. The summed E-state index contributed by atoms with van der Waals surface area (Å²) in [6.45, 7) is 2.15. The van der Waals surface area contributed by atoms with Gasteiger partial charge in [0.2, 0.25) is 15.9 Å². The van der Waals surface area contributed by atoms with Crippen molar-refractivity contribution in [1.82, 2.24) is 9.62 Å². The quantitative estimate of drug-likeness (QED) is 0.693. The van der Waals surface area contributed by atoms with E-state index >= 15 is 0 Å². The van der Waals surface area contributed by atoms with Gasteiger partial charge in [0.15, 0.2) is 0 Å². The zero-order chi connectivity index (χ0) is 18.3. The molecule has 0 saturated carbocycles. The van der Waals surface area contributed by atoms with Gasteiger partial charge in [-0.05, 0) is 49.4 Å². The summed E-state index contributed by atoms with van der Waals surface area (Å²) in [5.41, 5.74) is 0. The Bertz CT molecular complexity index is 656. The van der Waals surface area contributed by atoms with Gasteiger partial charge >= 0.3 is 0 Å². The van der Waals surface area contributed by atoms with Crippen molar-refractivity contribution in [3.63, 3.8) is 0 Å². The monoisotopic (exact) mass is 388 g/mol. The molecule has 8 heteroatoms. The van der Waals surface area contributed by atoms with Gasteiger partial charge in [0.1, 0.15) is 5.75 Å². The molecule has 2 rings (SSSR count). The molecule has 0 bridgehead atoms. The van der Waals surface area contributed by atoms with E-state index in [4.69, 9.17) is 16.3 Å². The van der Waals surface area contributed by atoms with Crippen molar-refractivity contribution in [2.75, 3.05) is 32.5 Å². The van der Waals surface area contributed by atoms with Crippen LogP contribution in [0.3, 0.4) is 0 Å². The Morgan fingerprint density at radius 3 is 2.52 bits per heavy atom. The summed E-state index contributed by atoms with van der Waals surface area (Å²) in [6, 6.07) is 7.12. The number of hydrogen-bond donors (Lipinski definition) is 1. The fourth-order valence-electron chi connectivity index (χ4n) is 2.75. The predicted octanol–water partition coefficient (Wildman–Crippen LogP) is 2.29. The van der Waals surface area contributed by atoms with E-state index in [-0.39, 0.29) is 5.91 Å². The first-order chi connectivity index (χ1) is 11.8. The molecule has 140 valence electrons. The Morgan fingerprint density at radius 2 is 1.92 bits per heavy atom. The summed E-state index contributed by atoms with van der Waals surface area (Å²) >= 11 is 5.80. The zero-order valence-electron chi connectivity index (χ0n) is 14.4. The van der Waals surface area contributed by atoms with Crippen LogP contribution in [-0.2, 0) is 14.8 Å². The fraction of sp³-hybridized carbons (Fsp3) is 0.588. The van der Waals surface area contributed by atoms with Crippen LogP contribution in [0.25, 0.3) is 0 Å².